The Morgan fingerprint density at radius 3 is 1.45 bits per heavy atom. The van der Waals surface area contributed by atoms with Crippen LogP contribution in [0.3, 0.4) is 0 Å². The van der Waals surface area contributed by atoms with E-state index in [0.29, 0.717) is 0 Å². The van der Waals surface area contributed by atoms with E-state index in [1.165, 1.54) is 0 Å². The monoisotopic (exact) mass is 456 g/mol. The summed E-state index contributed by atoms with van der Waals surface area (Å²) in [5, 5.41) is 0. The van der Waals surface area contributed by atoms with E-state index in [4.69, 9.17) is 18.9 Å². The van der Waals surface area contributed by atoms with Crippen LogP contribution >= 0.6 is 0 Å². The van der Waals surface area contributed by atoms with Crippen LogP contribution in [0.5, 0.6) is 0 Å². The number of hydrogen-bond acceptors (Lipinski definition) is 8. The lowest BCUT2D eigenvalue weighted by molar-refractivity contribution is -0.160. The molecule has 8 heteroatoms. The maximum absolute atomic E-state index is 11.8. The molecule has 0 heterocycles. The summed E-state index contributed by atoms with van der Waals surface area (Å²) in [5.74, 6) is -2.21. The van der Waals surface area contributed by atoms with Crippen LogP contribution in [0, 0.1) is 0 Å². The van der Waals surface area contributed by atoms with Gasteiger partial charge in [0, 0.05) is 0 Å². The lowest BCUT2D eigenvalue weighted by Crippen LogP contribution is -2.23. The molecule has 0 saturated carbocycles. The van der Waals surface area contributed by atoms with Crippen LogP contribution in [0.25, 0.3) is 0 Å². The third-order valence-corrected chi connectivity index (χ3v) is 4.36. The SMILES string of the molecule is CC(COC(=O)CCC(=O)OCc1ccccc1)OC(=O)CCC(=O)OCc1ccccc1. The highest BCUT2D eigenvalue weighted by atomic mass is 16.6. The molecule has 0 spiro atoms. The van der Waals surface area contributed by atoms with Gasteiger partial charge in [0.2, 0.25) is 0 Å². The van der Waals surface area contributed by atoms with Gasteiger partial charge in [-0.1, -0.05) is 60.7 Å². The van der Waals surface area contributed by atoms with Crippen molar-refractivity contribution in [3.05, 3.63) is 71.8 Å². The topological polar surface area (TPSA) is 105 Å². The normalized spacial score (nSPS) is 11.2. The minimum absolute atomic E-state index is 0.106. The van der Waals surface area contributed by atoms with E-state index in [0.717, 1.165) is 11.1 Å². The van der Waals surface area contributed by atoms with E-state index in [1.54, 1.807) is 6.92 Å². The number of carbonyl (C=O) groups is 4. The molecular weight excluding hydrogens is 428 g/mol. The summed E-state index contributed by atoms with van der Waals surface area (Å²) in [4.78, 5) is 47.1. The quantitative estimate of drug-likeness (QED) is 0.333. The summed E-state index contributed by atoms with van der Waals surface area (Å²) in [5.41, 5.74) is 1.71. The average molecular weight is 456 g/mol. The van der Waals surface area contributed by atoms with Crippen molar-refractivity contribution in [3.63, 3.8) is 0 Å². The van der Waals surface area contributed by atoms with Gasteiger partial charge in [-0.05, 0) is 18.1 Å². The molecule has 1 atom stereocenters. The second-order valence-electron chi connectivity index (χ2n) is 7.28. The predicted molar refractivity (Wildman–Crippen MR) is 117 cm³/mol. The Balaban J connectivity index is 1.52. The Bertz CT molecular complexity index is 895. The largest absolute Gasteiger partial charge is 0.462 e. The fraction of sp³-hybridized carbons (Fsp3) is 0.360. The molecule has 2 aromatic carbocycles. The molecule has 2 rings (SSSR count). The van der Waals surface area contributed by atoms with E-state index in [-0.39, 0.29) is 45.5 Å². The summed E-state index contributed by atoms with van der Waals surface area (Å²) < 4.78 is 20.3. The van der Waals surface area contributed by atoms with Gasteiger partial charge in [0.05, 0.1) is 25.7 Å². The number of hydrogen-bond donors (Lipinski definition) is 0. The van der Waals surface area contributed by atoms with Crippen LogP contribution in [0.2, 0.25) is 0 Å². The first-order valence-electron chi connectivity index (χ1n) is 10.7. The van der Waals surface area contributed by atoms with Crippen molar-refractivity contribution in [1.29, 1.82) is 0 Å². The van der Waals surface area contributed by atoms with Crippen LogP contribution in [0.15, 0.2) is 60.7 Å². The minimum atomic E-state index is -0.688. The van der Waals surface area contributed by atoms with Gasteiger partial charge < -0.3 is 18.9 Å². The lowest BCUT2D eigenvalue weighted by Gasteiger charge is -2.13. The molecule has 0 aliphatic heterocycles. The Hall–Kier alpha value is -3.68. The van der Waals surface area contributed by atoms with Crippen molar-refractivity contribution in [2.75, 3.05) is 6.61 Å². The van der Waals surface area contributed by atoms with Crippen LogP contribution in [0.1, 0.15) is 43.7 Å². The van der Waals surface area contributed by atoms with E-state index < -0.39 is 30.0 Å². The summed E-state index contributed by atoms with van der Waals surface area (Å²) in [6.07, 6.45) is -1.18. The van der Waals surface area contributed by atoms with Crippen molar-refractivity contribution in [2.24, 2.45) is 0 Å². The predicted octanol–water partition coefficient (Wildman–Crippen LogP) is 3.51. The highest BCUT2D eigenvalue weighted by molar-refractivity contribution is 5.78. The zero-order valence-electron chi connectivity index (χ0n) is 18.6. The van der Waals surface area contributed by atoms with Crippen LogP contribution in [-0.2, 0) is 51.3 Å². The van der Waals surface area contributed by atoms with Gasteiger partial charge in [0.1, 0.15) is 25.9 Å². The standard InChI is InChI=1S/C25H28O8/c1-19(33-25(29)15-14-24(28)32-18-21-10-6-3-7-11-21)16-30-22(26)12-13-23(27)31-17-20-8-4-2-5-9-20/h2-11,19H,12-18H2,1H3. The fourth-order valence-electron chi connectivity index (χ4n) is 2.63. The number of rotatable bonds is 13. The highest BCUT2D eigenvalue weighted by Gasteiger charge is 2.15. The van der Waals surface area contributed by atoms with Gasteiger partial charge >= 0.3 is 23.9 Å². The molecule has 0 saturated heterocycles. The highest BCUT2D eigenvalue weighted by Crippen LogP contribution is 2.06. The van der Waals surface area contributed by atoms with E-state index in [9.17, 15) is 19.2 Å². The van der Waals surface area contributed by atoms with Gasteiger partial charge in [0.25, 0.3) is 0 Å². The summed E-state index contributed by atoms with van der Waals surface area (Å²) in [6.45, 7) is 1.69. The Kier molecular flexibility index (Phi) is 11.2. The van der Waals surface area contributed by atoms with Gasteiger partial charge in [-0.2, -0.15) is 0 Å². The number of benzene rings is 2. The van der Waals surface area contributed by atoms with Crippen molar-refractivity contribution >= 4 is 23.9 Å². The molecule has 0 fully saturated rings. The second-order valence-corrected chi connectivity index (χ2v) is 7.28. The first kappa shape index (κ1) is 25.6. The second kappa shape index (κ2) is 14.4. The molecule has 0 radical (unpaired) electrons. The zero-order valence-corrected chi connectivity index (χ0v) is 18.6. The molecule has 0 aromatic heterocycles. The third-order valence-electron chi connectivity index (χ3n) is 4.36. The lowest BCUT2D eigenvalue weighted by atomic mass is 10.2. The molecule has 0 aliphatic carbocycles. The molecule has 176 valence electrons. The Morgan fingerprint density at radius 2 is 1.00 bits per heavy atom. The van der Waals surface area contributed by atoms with Gasteiger partial charge in [-0.25, -0.2) is 0 Å². The van der Waals surface area contributed by atoms with Gasteiger partial charge in [-0.3, -0.25) is 19.2 Å². The van der Waals surface area contributed by atoms with Gasteiger partial charge in [0.15, 0.2) is 0 Å². The van der Waals surface area contributed by atoms with Crippen molar-refractivity contribution in [1.82, 2.24) is 0 Å². The van der Waals surface area contributed by atoms with Crippen LogP contribution < -0.4 is 0 Å². The summed E-state index contributed by atoms with van der Waals surface area (Å²) in [7, 11) is 0. The molecule has 0 bridgehead atoms. The first-order chi connectivity index (χ1) is 15.9. The zero-order chi connectivity index (χ0) is 23.9. The molecule has 0 amide bonds. The molecule has 8 nitrogen and oxygen atoms in total. The molecule has 0 N–H and O–H groups in total. The number of carbonyl (C=O) groups excluding carboxylic acids is 4. The maximum atomic E-state index is 11.8. The van der Waals surface area contributed by atoms with E-state index in [1.807, 2.05) is 60.7 Å². The molecule has 33 heavy (non-hydrogen) atoms. The van der Waals surface area contributed by atoms with Crippen molar-refractivity contribution < 1.29 is 38.1 Å². The maximum Gasteiger partial charge on any atom is 0.306 e. The minimum Gasteiger partial charge on any atom is -0.462 e. The molecule has 2 aromatic rings. The fourth-order valence-corrected chi connectivity index (χ4v) is 2.63. The van der Waals surface area contributed by atoms with Crippen molar-refractivity contribution in [3.8, 4) is 0 Å². The summed E-state index contributed by atoms with van der Waals surface area (Å²) >= 11 is 0. The van der Waals surface area contributed by atoms with E-state index >= 15 is 0 Å². The van der Waals surface area contributed by atoms with Crippen LogP contribution in [0.4, 0.5) is 0 Å². The Morgan fingerprint density at radius 1 is 0.606 bits per heavy atom. The van der Waals surface area contributed by atoms with E-state index in [2.05, 4.69) is 0 Å². The van der Waals surface area contributed by atoms with Crippen molar-refractivity contribution in [2.45, 2.75) is 51.9 Å². The molecule has 1 unspecified atom stereocenters. The third kappa shape index (κ3) is 11.5. The summed E-state index contributed by atoms with van der Waals surface area (Å²) in [6, 6.07) is 18.4. The Labute approximate surface area is 192 Å². The smallest absolute Gasteiger partial charge is 0.306 e. The van der Waals surface area contributed by atoms with Crippen LogP contribution in [-0.4, -0.2) is 36.6 Å². The first-order valence-corrected chi connectivity index (χ1v) is 10.7. The average Bonchev–Trinajstić information content (AvgIpc) is 2.83. The number of esters is 4. The molecule has 0 aliphatic rings. The van der Waals surface area contributed by atoms with Gasteiger partial charge in [-0.15, -0.1) is 0 Å². The number of ether oxygens (including phenoxy) is 4. The molecular formula is C25H28O8.